The molecule has 88 valence electrons. The van der Waals surface area contributed by atoms with E-state index in [1.807, 2.05) is 5.32 Å². The van der Waals surface area contributed by atoms with E-state index in [0.29, 0.717) is 0 Å². The van der Waals surface area contributed by atoms with Crippen molar-refractivity contribution in [3.8, 4) is 0 Å². The van der Waals surface area contributed by atoms with E-state index in [2.05, 4.69) is 5.32 Å². The molecule has 6 amide bonds. The zero-order valence-corrected chi connectivity index (χ0v) is 8.94. The third-order valence-corrected chi connectivity index (χ3v) is 2.02. The van der Waals surface area contributed by atoms with Crippen LogP contribution >= 0.6 is 0 Å². The zero-order valence-electron chi connectivity index (χ0n) is 8.94. The molecule has 0 radical (unpaired) electrons. The molecular formula is C8H12N4O4. The van der Waals surface area contributed by atoms with Crippen molar-refractivity contribution in [2.24, 2.45) is 0 Å². The quantitative estimate of drug-likeness (QED) is 0.484. The van der Waals surface area contributed by atoms with Gasteiger partial charge in [-0.05, 0) is 0 Å². The van der Waals surface area contributed by atoms with Crippen molar-refractivity contribution in [1.29, 1.82) is 0 Å². The Bertz CT molecular complexity index is 340. The Morgan fingerprint density at radius 2 is 1.75 bits per heavy atom. The molecule has 2 aliphatic rings. The van der Waals surface area contributed by atoms with Crippen LogP contribution < -0.4 is 10.6 Å². The highest BCUT2D eigenvalue weighted by Gasteiger charge is 2.29. The van der Waals surface area contributed by atoms with Gasteiger partial charge < -0.3 is 10.2 Å². The molecule has 16 heavy (non-hydrogen) atoms. The molecular weight excluding hydrogens is 216 g/mol. The fraction of sp³-hybridized carbons (Fsp3) is 0.500. The Hall–Kier alpha value is -2.12. The van der Waals surface area contributed by atoms with Crippen molar-refractivity contribution >= 4 is 23.9 Å². The summed E-state index contributed by atoms with van der Waals surface area (Å²) in [7, 11) is 3.08. The maximum Gasteiger partial charge on any atom is 0.326 e. The van der Waals surface area contributed by atoms with Crippen molar-refractivity contribution in [2.45, 2.75) is 0 Å². The van der Waals surface area contributed by atoms with E-state index in [0.717, 1.165) is 4.90 Å². The van der Waals surface area contributed by atoms with Crippen LogP contribution in [0.2, 0.25) is 0 Å². The maximum absolute atomic E-state index is 10.7. The van der Waals surface area contributed by atoms with E-state index in [9.17, 15) is 19.2 Å². The summed E-state index contributed by atoms with van der Waals surface area (Å²) in [6.45, 7) is 0.341. The molecule has 0 aromatic rings. The number of hydrogen-bond donors (Lipinski definition) is 2. The maximum atomic E-state index is 10.7. The molecule has 2 heterocycles. The molecule has 0 aromatic heterocycles. The summed E-state index contributed by atoms with van der Waals surface area (Å²) in [6.07, 6.45) is 0. The number of rotatable bonds is 0. The number of nitrogens with one attached hydrogen (secondary N) is 2. The van der Waals surface area contributed by atoms with Crippen LogP contribution in [-0.4, -0.2) is 60.9 Å². The van der Waals surface area contributed by atoms with Crippen molar-refractivity contribution in [2.75, 3.05) is 27.2 Å². The number of carbonyl (C=O) groups is 4. The Morgan fingerprint density at radius 3 is 1.88 bits per heavy atom. The van der Waals surface area contributed by atoms with Gasteiger partial charge in [-0.25, -0.2) is 9.59 Å². The van der Waals surface area contributed by atoms with Gasteiger partial charge in [-0.15, -0.1) is 0 Å². The van der Waals surface area contributed by atoms with Crippen molar-refractivity contribution in [1.82, 2.24) is 20.4 Å². The van der Waals surface area contributed by atoms with Gasteiger partial charge in [-0.2, -0.15) is 0 Å². The number of imide groups is 2. The lowest BCUT2D eigenvalue weighted by molar-refractivity contribution is -0.124. The van der Waals surface area contributed by atoms with Gasteiger partial charge >= 0.3 is 12.1 Å². The van der Waals surface area contributed by atoms with E-state index in [4.69, 9.17) is 0 Å². The van der Waals surface area contributed by atoms with Gasteiger partial charge in [-0.3, -0.25) is 19.8 Å². The number of nitrogens with zero attached hydrogens (tertiary/aromatic N) is 2. The average Bonchev–Trinajstić information content (AvgIpc) is 2.68. The van der Waals surface area contributed by atoms with Gasteiger partial charge in [0.2, 0.25) is 11.8 Å². The summed E-state index contributed by atoms with van der Waals surface area (Å²) >= 11 is 0. The molecule has 8 nitrogen and oxygen atoms in total. The Balaban J connectivity index is 0.000000165. The topological polar surface area (TPSA) is 98.8 Å². The standard InChI is InChI=1S/C5H8N2O2.C3H4N2O2/c1-6-3-4(8)7(2)5(6)9;6-2-1-4-3(7)5-2/h3H2,1-2H3;1H2,(H2,4,5,6,7). The van der Waals surface area contributed by atoms with Crippen LogP contribution in [0.25, 0.3) is 0 Å². The number of carbonyl (C=O) groups excluding carboxylic acids is 4. The Kier molecular flexibility index (Phi) is 3.44. The molecule has 2 aliphatic heterocycles. The summed E-state index contributed by atoms with van der Waals surface area (Å²) in [5, 5.41) is 4.30. The third-order valence-electron chi connectivity index (χ3n) is 2.02. The molecule has 2 N–H and O–H groups in total. The fourth-order valence-electron chi connectivity index (χ4n) is 1.11. The first-order valence-electron chi connectivity index (χ1n) is 4.51. The second kappa shape index (κ2) is 4.60. The molecule has 0 unspecified atom stereocenters. The smallest absolute Gasteiger partial charge is 0.326 e. The zero-order chi connectivity index (χ0) is 12.3. The average molecular weight is 228 g/mol. The predicted molar refractivity (Wildman–Crippen MR) is 52.3 cm³/mol. The molecule has 2 rings (SSSR count). The minimum atomic E-state index is -0.398. The number of likely N-dealkylation sites (N-methyl/N-ethyl adjacent to an activating group) is 2. The molecule has 0 saturated carbocycles. The van der Waals surface area contributed by atoms with Crippen molar-refractivity contribution in [3.63, 3.8) is 0 Å². The SMILES string of the molecule is CN1CC(=O)N(C)C1=O.O=C1CNC(=O)N1. The minimum Gasteiger partial charge on any atom is -0.329 e. The molecule has 0 bridgehead atoms. The summed E-state index contributed by atoms with van der Waals surface area (Å²) in [4.78, 5) is 44.0. The van der Waals surface area contributed by atoms with E-state index in [1.54, 1.807) is 7.05 Å². The molecule has 0 aromatic carbocycles. The van der Waals surface area contributed by atoms with Gasteiger partial charge in [0.25, 0.3) is 0 Å². The molecule has 2 fully saturated rings. The van der Waals surface area contributed by atoms with E-state index >= 15 is 0 Å². The largest absolute Gasteiger partial charge is 0.329 e. The van der Waals surface area contributed by atoms with Crippen LogP contribution in [0, 0.1) is 0 Å². The van der Waals surface area contributed by atoms with Crippen molar-refractivity contribution < 1.29 is 19.2 Å². The summed E-state index contributed by atoms with van der Waals surface area (Å²) in [5.74, 6) is -0.396. The monoisotopic (exact) mass is 228 g/mol. The number of urea groups is 2. The van der Waals surface area contributed by atoms with Gasteiger partial charge in [0, 0.05) is 14.1 Å². The lowest BCUT2D eigenvalue weighted by Gasteiger charge is -2.05. The van der Waals surface area contributed by atoms with Crippen LogP contribution in [0.1, 0.15) is 0 Å². The molecule has 2 saturated heterocycles. The molecule has 0 spiro atoms. The highest BCUT2D eigenvalue weighted by atomic mass is 16.2. The first-order chi connectivity index (χ1) is 7.41. The third kappa shape index (κ3) is 2.69. The minimum absolute atomic E-state index is 0.124. The lowest BCUT2D eigenvalue weighted by atomic mass is 10.6. The second-order valence-corrected chi connectivity index (χ2v) is 3.32. The second-order valence-electron chi connectivity index (χ2n) is 3.32. The van der Waals surface area contributed by atoms with Gasteiger partial charge in [0.1, 0.15) is 6.54 Å². The lowest BCUT2D eigenvalue weighted by Crippen LogP contribution is -2.27. The number of amides is 6. The molecule has 0 aliphatic carbocycles. The molecule has 8 heteroatoms. The summed E-state index contributed by atoms with van der Waals surface area (Å²) < 4.78 is 0. The van der Waals surface area contributed by atoms with Gasteiger partial charge in [-0.1, -0.05) is 0 Å². The highest BCUT2D eigenvalue weighted by molar-refractivity contribution is 6.02. The Morgan fingerprint density at radius 1 is 1.12 bits per heavy atom. The molecule has 0 atom stereocenters. The van der Waals surface area contributed by atoms with E-state index in [1.165, 1.54) is 11.9 Å². The highest BCUT2D eigenvalue weighted by Crippen LogP contribution is 2.02. The van der Waals surface area contributed by atoms with E-state index in [-0.39, 0.29) is 30.9 Å². The summed E-state index contributed by atoms with van der Waals surface area (Å²) in [6, 6.07) is -0.620. The first kappa shape index (κ1) is 12.0. The number of hydrogen-bond acceptors (Lipinski definition) is 4. The van der Waals surface area contributed by atoms with Crippen LogP contribution in [0.3, 0.4) is 0 Å². The first-order valence-corrected chi connectivity index (χ1v) is 4.51. The van der Waals surface area contributed by atoms with Crippen LogP contribution in [-0.2, 0) is 9.59 Å². The van der Waals surface area contributed by atoms with Crippen molar-refractivity contribution in [3.05, 3.63) is 0 Å². The van der Waals surface area contributed by atoms with E-state index < -0.39 is 6.03 Å². The van der Waals surface area contributed by atoms with Crippen LogP contribution in [0.4, 0.5) is 9.59 Å². The van der Waals surface area contributed by atoms with Gasteiger partial charge in [0.05, 0.1) is 6.54 Å². The predicted octanol–water partition coefficient (Wildman–Crippen LogP) is -1.66. The normalized spacial score (nSPS) is 19.4. The fourth-order valence-corrected chi connectivity index (χ4v) is 1.11. The Labute approximate surface area is 91.6 Å². The van der Waals surface area contributed by atoms with Crippen LogP contribution in [0.5, 0.6) is 0 Å². The van der Waals surface area contributed by atoms with Crippen LogP contribution in [0.15, 0.2) is 0 Å². The summed E-state index contributed by atoms with van der Waals surface area (Å²) in [5.41, 5.74) is 0. The van der Waals surface area contributed by atoms with Gasteiger partial charge in [0.15, 0.2) is 0 Å².